The molecule has 1 radical (unpaired) electrons. The minimum atomic E-state index is 0.765. The van der Waals surface area contributed by atoms with Gasteiger partial charge in [-0.1, -0.05) is 0 Å². The van der Waals surface area contributed by atoms with E-state index in [0.717, 1.165) is 21.6 Å². The summed E-state index contributed by atoms with van der Waals surface area (Å²) in [5.41, 5.74) is 0. The van der Waals surface area contributed by atoms with E-state index >= 15 is 0 Å². The maximum Gasteiger partial charge on any atom is 0.129 e. The average Bonchev–Trinajstić information content (AvgIpc) is 1.76. The highest BCUT2D eigenvalue weighted by Gasteiger charge is 1.98. The van der Waals surface area contributed by atoms with Gasteiger partial charge in [-0.2, -0.15) is 0 Å². The molecule has 5 heavy (non-hydrogen) atoms. The summed E-state index contributed by atoms with van der Waals surface area (Å²) in [5.74, 6) is 0. The second kappa shape index (κ2) is 1.71. The van der Waals surface area contributed by atoms with Crippen molar-refractivity contribution in [1.29, 1.82) is 0 Å². The molecular formula is C2H4O2P. The van der Waals surface area contributed by atoms with Crippen LogP contribution in [0.4, 0.5) is 0 Å². The van der Waals surface area contributed by atoms with Crippen LogP contribution in [-0.4, -0.2) is 12.8 Å². The molecule has 0 N–H and O–H groups in total. The molecule has 1 fully saturated rings. The molecule has 1 heterocycles. The Morgan fingerprint density at radius 1 is 1.60 bits per heavy atom. The number of hydrogen-bond donors (Lipinski definition) is 0. The first-order valence-electron chi connectivity index (χ1n) is 1.45. The minimum Gasteiger partial charge on any atom is -0.233 e. The van der Waals surface area contributed by atoms with Gasteiger partial charge in [-0.25, -0.2) is 9.56 Å². The molecule has 0 spiro atoms. The summed E-state index contributed by atoms with van der Waals surface area (Å²) in [6, 6.07) is 0. The molecule has 0 bridgehead atoms. The molecule has 1 aliphatic heterocycles. The quantitative estimate of drug-likeness (QED) is 0.324. The van der Waals surface area contributed by atoms with Crippen LogP contribution in [0.2, 0.25) is 0 Å². The van der Waals surface area contributed by atoms with Gasteiger partial charge in [0.1, 0.15) is 8.81 Å². The Morgan fingerprint density at radius 3 is 2.80 bits per heavy atom. The van der Waals surface area contributed by atoms with Gasteiger partial charge < -0.3 is 0 Å². The number of rotatable bonds is 0. The summed E-state index contributed by atoms with van der Waals surface area (Å²) in [6.45, 7) is 0.765. The van der Waals surface area contributed by atoms with Crippen molar-refractivity contribution in [1.82, 2.24) is 0 Å². The fraction of sp³-hybridized carbons (Fsp3) is 1.00. The maximum atomic E-state index is 4.43. The third-order valence-corrected chi connectivity index (χ3v) is 0.947. The predicted molar refractivity (Wildman–Crippen MR) is 18.8 cm³/mol. The van der Waals surface area contributed by atoms with Gasteiger partial charge in [0.25, 0.3) is 0 Å². The molecule has 1 rings (SSSR count). The standard InChI is InChI=1S/C2H4O2P/c1-2-5-4-3-1/h1-2H2. The van der Waals surface area contributed by atoms with Crippen molar-refractivity contribution < 1.29 is 9.56 Å². The summed E-state index contributed by atoms with van der Waals surface area (Å²) in [7, 11) is 0.969. The third-order valence-electron chi connectivity index (χ3n) is 0.371. The highest BCUT2D eigenvalue weighted by molar-refractivity contribution is 7.32. The van der Waals surface area contributed by atoms with Crippen LogP contribution in [0.3, 0.4) is 0 Å². The van der Waals surface area contributed by atoms with Gasteiger partial charge in [-0.05, 0) is 0 Å². The molecular weight excluding hydrogens is 87.0 g/mol. The Labute approximate surface area is 32.3 Å². The Balaban J connectivity index is 2.08. The summed E-state index contributed by atoms with van der Waals surface area (Å²) >= 11 is 0. The van der Waals surface area contributed by atoms with Gasteiger partial charge in [0.15, 0.2) is 0 Å². The molecule has 2 nitrogen and oxygen atoms in total. The summed E-state index contributed by atoms with van der Waals surface area (Å²) < 4.78 is 4.42. The fourth-order valence-corrected chi connectivity index (χ4v) is 0.559. The molecule has 0 atom stereocenters. The van der Waals surface area contributed by atoms with E-state index in [0.29, 0.717) is 0 Å². The van der Waals surface area contributed by atoms with Crippen molar-refractivity contribution in [3.05, 3.63) is 0 Å². The van der Waals surface area contributed by atoms with Gasteiger partial charge in [-0.3, -0.25) is 0 Å². The Bertz CT molecular complexity index is 19.2. The molecule has 0 unspecified atom stereocenters. The van der Waals surface area contributed by atoms with Crippen molar-refractivity contribution in [2.75, 3.05) is 12.8 Å². The molecule has 0 aromatic heterocycles. The van der Waals surface area contributed by atoms with E-state index in [2.05, 4.69) is 9.56 Å². The summed E-state index contributed by atoms with van der Waals surface area (Å²) in [4.78, 5) is 4.43. The van der Waals surface area contributed by atoms with Crippen molar-refractivity contribution in [3.63, 3.8) is 0 Å². The van der Waals surface area contributed by atoms with E-state index in [4.69, 9.17) is 0 Å². The van der Waals surface area contributed by atoms with Crippen LogP contribution < -0.4 is 0 Å². The van der Waals surface area contributed by atoms with Gasteiger partial charge in [0.05, 0.1) is 6.61 Å². The molecule has 0 aromatic carbocycles. The molecule has 0 aliphatic carbocycles. The van der Waals surface area contributed by atoms with E-state index in [-0.39, 0.29) is 0 Å². The van der Waals surface area contributed by atoms with Gasteiger partial charge in [-0.15, -0.1) is 0 Å². The van der Waals surface area contributed by atoms with Crippen molar-refractivity contribution in [2.24, 2.45) is 0 Å². The van der Waals surface area contributed by atoms with Gasteiger partial charge in [0.2, 0.25) is 0 Å². The van der Waals surface area contributed by atoms with E-state index in [1.54, 1.807) is 0 Å². The lowest BCUT2D eigenvalue weighted by Gasteiger charge is -1.76. The van der Waals surface area contributed by atoms with Crippen LogP contribution in [0.15, 0.2) is 0 Å². The minimum absolute atomic E-state index is 0.765. The molecule has 1 aliphatic rings. The first-order chi connectivity index (χ1) is 2.50. The second-order valence-corrected chi connectivity index (χ2v) is 1.60. The lowest BCUT2D eigenvalue weighted by atomic mass is 10.9. The highest BCUT2D eigenvalue weighted by atomic mass is 31.1. The fourth-order valence-electron chi connectivity index (χ4n) is 0.186. The summed E-state index contributed by atoms with van der Waals surface area (Å²) in [6.07, 6.45) is 1.03. The normalized spacial score (nSPS) is 28.8. The van der Waals surface area contributed by atoms with Crippen LogP contribution in [0.5, 0.6) is 0 Å². The molecule has 0 saturated carbocycles. The lowest BCUT2D eigenvalue weighted by Crippen LogP contribution is -1.76. The molecule has 29 valence electrons. The second-order valence-electron chi connectivity index (χ2n) is 0.749. The topological polar surface area (TPSA) is 18.5 Å². The monoisotopic (exact) mass is 91.0 g/mol. The summed E-state index contributed by atoms with van der Waals surface area (Å²) in [5, 5.41) is 0. The SMILES string of the molecule is C1C[P]OO1. The highest BCUT2D eigenvalue weighted by Crippen LogP contribution is 2.17. The Kier molecular flexibility index (Phi) is 1.21. The van der Waals surface area contributed by atoms with Crippen molar-refractivity contribution in [2.45, 2.75) is 0 Å². The smallest absolute Gasteiger partial charge is 0.129 e. The van der Waals surface area contributed by atoms with Crippen molar-refractivity contribution >= 4 is 8.81 Å². The lowest BCUT2D eigenvalue weighted by molar-refractivity contribution is -0.172. The van der Waals surface area contributed by atoms with E-state index < -0.39 is 0 Å². The zero-order chi connectivity index (χ0) is 3.54. The number of hydrogen-bond acceptors (Lipinski definition) is 2. The first kappa shape index (κ1) is 3.54. The van der Waals surface area contributed by atoms with E-state index in [1.807, 2.05) is 0 Å². The zero-order valence-corrected chi connectivity index (χ0v) is 3.57. The van der Waals surface area contributed by atoms with E-state index in [1.165, 1.54) is 0 Å². The van der Waals surface area contributed by atoms with E-state index in [9.17, 15) is 0 Å². The average molecular weight is 91.0 g/mol. The van der Waals surface area contributed by atoms with Crippen molar-refractivity contribution in [3.8, 4) is 0 Å². The van der Waals surface area contributed by atoms with Crippen LogP contribution in [0.1, 0.15) is 0 Å². The van der Waals surface area contributed by atoms with Crippen LogP contribution in [0.25, 0.3) is 0 Å². The zero-order valence-electron chi connectivity index (χ0n) is 2.68. The first-order valence-corrected chi connectivity index (χ1v) is 2.45. The largest absolute Gasteiger partial charge is 0.233 e. The molecule has 0 amide bonds. The Morgan fingerprint density at radius 2 is 2.60 bits per heavy atom. The molecule has 0 aromatic rings. The van der Waals surface area contributed by atoms with Crippen LogP contribution in [0, 0.1) is 0 Å². The van der Waals surface area contributed by atoms with Gasteiger partial charge in [0, 0.05) is 6.16 Å². The predicted octanol–water partition coefficient (Wildman–Crippen LogP) is 0.809. The van der Waals surface area contributed by atoms with Crippen LogP contribution in [-0.2, 0) is 9.56 Å². The Hall–Kier alpha value is 0.350. The van der Waals surface area contributed by atoms with Crippen LogP contribution >= 0.6 is 8.81 Å². The molecule has 3 heteroatoms. The molecule has 1 saturated heterocycles. The van der Waals surface area contributed by atoms with Gasteiger partial charge >= 0.3 is 0 Å². The third kappa shape index (κ3) is 0.839. The maximum absolute atomic E-state index is 4.43.